The monoisotopic (exact) mass is 867 g/mol. The van der Waals surface area contributed by atoms with Crippen LogP contribution in [0.1, 0.15) is 82.3 Å². The zero-order chi connectivity index (χ0) is 44.9. The third-order valence-electron chi connectivity index (χ3n) is 12.2. The zero-order valence-corrected chi connectivity index (χ0v) is 35.8. The number of hydrogen-bond acceptors (Lipinski definition) is 8. The molecule has 2 aromatic carbocycles. The summed E-state index contributed by atoms with van der Waals surface area (Å²) >= 11 is 0. The largest absolute Gasteiger partial charge is 0.370 e. The van der Waals surface area contributed by atoms with Crippen LogP contribution in [0.4, 0.5) is 0 Å². The minimum atomic E-state index is -1.39. The van der Waals surface area contributed by atoms with Gasteiger partial charge in [-0.15, -0.1) is 0 Å². The number of aromatic nitrogens is 1. The number of para-hydroxylation sites is 1. The fourth-order valence-electron chi connectivity index (χ4n) is 8.93. The average molecular weight is 868 g/mol. The Morgan fingerprint density at radius 2 is 1.54 bits per heavy atom. The smallest absolute Gasteiger partial charge is 0.247 e. The predicted molar refractivity (Wildman–Crippen MR) is 236 cm³/mol. The lowest BCUT2D eigenvalue weighted by Crippen LogP contribution is -2.62. The number of carbonyl (C=O) groups is 7. The lowest BCUT2D eigenvalue weighted by atomic mass is 9.84. The highest BCUT2D eigenvalue weighted by Gasteiger charge is 2.41. The SMILES string of the molecule is CC(=O)N[C@H](Cc1ccccc1)C(=O)N[C@H]1CNC(=O)[C@H](CCCNC(=N)N)NC(=O)[C@H](Cc2c[nH]c3ccccc23)NC(=O)[C@@H](CC2CCCCC2)NC(=O)[C@@H]2CCCN2C1=O. The van der Waals surface area contributed by atoms with Crippen LogP contribution in [0.25, 0.3) is 10.9 Å². The topological polar surface area (TPSA) is 273 Å². The van der Waals surface area contributed by atoms with Gasteiger partial charge in [0, 0.05) is 56.5 Å². The van der Waals surface area contributed by atoms with Crippen molar-refractivity contribution in [2.24, 2.45) is 11.7 Å². The van der Waals surface area contributed by atoms with E-state index in [1.165, 1.54) is 11.8 Å². The molecule has 3 aromatic rings. The van der Waals surface area contributed by atoms with Crippen LogP contribution in [-0.2, 0) is 46.4 Å². The Bertz CT molecular complexity index is 2120. The number of benzene rings is 2. The van der Waals surface area contributed by atoms with Crippen molar-refractivity contribution in [3.05, 3.63) is 71.9 Å². The van der Waals surface area contributed by atoms with Crippen molar-refractivity contribution in [2.75, 3.05) is 19.6 Å². The Labute approximate surface area is 366 Å². The second-order valence-corrected chi connectivity index (χ2v) is 16.9. The lowest BCUT2D eigenvalue weighted by molar-refractivity contribution is -0.143. The summed E-state index contributed by atoms with van der Waals surface area (Å²) in [5.74, 6) is -4.31. The molecule has 18 heteroatoms. The van der Waals surface area contributed by atoms with E-state index in [2.05, 4.69) is 42.2 Å². The number of aromatic amines is 1. The third kappa shape index (κ3) is 12.8. The predicted octanol–water partition coefficient (Wildman–Crippen LogP) is 0.751. The second-order valence-electron chi connectivity index (χ2n) is 16.9. The minimum Gasteiger partial charge on any atom is -0.370 e. The van der Waals surface area contributed by atoms with Crippen molar-refractivity contribution in [1.82, 2.24) is 47.1 Å². The van der Waals surface area contributed by atoms with E-state index >= 15 is 0 Å². The van der Waals surface area contributed by atoms with Crippen LogP contribution < -0.4 is 43.0 Å². The van der Waals surface area contributed by atoms with Crippen molar-refractivity contribution < 1.29 is 33.6 Å². The van der Waals surface area contributed by atoms with Gasteiger partial charge in [-0.05, 0) is 55.2 Å². The molecule has 0 radical (unpaired) electrons. The summed E-state index contributed by atoms with van der Waals surface area (Å²) in [6.07, 6.45) is 8.26. The normalized spacial score (nSPS) is 23.4. The van der Waals surface area contributed by atoms with Crippen LogP contribution in [0.2, 0.25) is 0 Å². The van der Waals surface area contributed by atoms with E-state index in [-0.39, 0.29) is 44.2 Å². The molecule has 2 aliphatic heterocycles. The van der Waals surface area contributed by atoms with Gasteiger partial charge in [-0.1, -0.05) is 80.6 Å². The van der Waals surface area contributed by atoms with Crippen molar-refractivity contribution in [3.63, 3.8) is 0 Å². The molecule has 2 saturated heterocycles. The summed E-state index contributed by atoms with van der Waals surface area (Å²) in [7, 11) is 0. The number of H-pyrrole nitrogens is 1. The van der Waals surface area contributed by atoms with Gasteiger partial charge in [-0.2, -0.15) is 0 Å². The number of guanidine groups is 1. The van der Waals surface area contributed by atoms with Crippen molar-refractivity contribution in [1.29, 1.82) is 5.41 Å². The van der Waals surface area contributed by atoms with E-state index in [1.807, 2.05) is 30.3 Å². The molecule has 7 amide bonds. The average Bonchev–Trinajstić information content (AvgIpc) is 3.93. The Morgan fingerprint density at radius 1 is 0.841 bits per heavy atom. The first-order chi connectivity index (χ1) is 30.4. The Kier molecular flexibility index (Phi) is 16.1. The van der Waals surface area contributed by atoms with Crippen LogP contribution in [0, 0.1) is 11.3 Å². The standard InChI is InChI=1S/C45H61N11O7/c1-27(57)51-34(22-28-12-4-2-5-13-28)40(59)55-37-26-50-39(58)33(18-10-20-48-45(46)47)52-42(61)36(24-30-25-49-32-17-9-8-16-31(30)32)53-41(60)35(23-29-14-6-3-7-15-29)54-43(62)38-19-11-21-56(38)44(37)63/h2,4-5,8-9,12-13,16-17,25,29,33-38,49H,3,6-7,10-11,14-15,18-24,26H2,1H3,(H,50,58)(H,51,57)(H,52,61)(H,53,60)(H,54,62)(H,55,59)(H4,46,47,48)/t33-,34+,35+,36-,37-,38-/m0/s1. The molecule has 0 unspecified atom stereocenters. The molecular formula is C45H61N11O7. The number of amides is 7. The molecule has 1 aromatic heterocycles. The molecule has 0 bridgehead atoms. The van der Waals surface area contributed by atoms with Crippen LogP contribution >= 0.6 is 0 Å². The lowest BCUT2D eigenvalue weighted by Gasteiger charge is -2.33. The van der Waals surface area contributed by atoms with Crippen molar-refractivity contribution >= 4 is 58.2 Å². The molecule has 3 heterocycles. The zero-order valence-electron chi connectivity index (χ0n) is 35.8. The van der Waals surface area contributed by atoms with Gasteiger partial charge in [-0.25, -0.2) is 0 Å². The fraction of sp³-hybridized carbons (Fsp3) is 0.511. The third-order valence-corrected chi connectivity index (χ3v) is 12.2. The second kappa shape index (κ2) is 22.1. The molecular weight excluding hydrogens is 807 g/mol. The number of nitrogens with two attached hydrogens (primary N) is 1. The van der Waals surface area contributed by atoms with Gasteiger partial charge in [0.15, 0.2) is 5.96 Å². The van der Waals surface area contributed by atoms with Gasteiger partial charge in [0.25, 0.3) is 0 Å². The molecule has 6 rings (SSSR count). The summed E-state index contributed by atoms with van der Waals surface area (Å²) < 4.78 is 0. The number of carbonyl (C=O) groups excluding carboxylic acids is 7. The van der Waals surface area contributed by atoms with Gasteiger partial charge in [0.05, 0.1) is 0 Å². The molecule has 18 nitrogen and oxygen atoms in total. The maximum Gasteiger partial charge on any atom is 0.247 e. The molecule has 6 atom stereocenters. The van der Waals surface area contributed by atoms with Gasteiger partial charge < -0.3 is 52.8 Å². The summed E-state index contributed by atoms with van der Waals surface area (Å²) in [6.45, 7) is 1.27. The Hall–Kier alpha value is -6.46. The van der Waals surface area contributed by atoms with Crippen molar-refractivity contribution in [3.8, 4) is 0 Å². The van der Waals surface area contributed by atoms with Crippen LogP contribution in [0.15, 0.2) is 60.8 Å². The molecule has 3 aliphatic rings. The van der Waals surface area contributed by atoms with Crippen LogP contribution in [0.5, 0.6) is 0 Å². The van der Waals surface area contributed by atoms with Crippen LogP contribution in [-0.4, -0.2) is 113 Å². The first-order valence-corrected chi connectivity index (χ1v) is 22.1. The van der Waals surface area contributed by atoms with Crippen LogP contribution in [0.3, 0.4) is 0 Å². The number of nitrogens with one attached hydrogen (secondary N) is 9. The number of nitrogens with zero attached hydrogens (tertiary/aromatic N) is 1. The number of rotatable bonds is 13. The Balaban J connectivity index is 1.34. The molecule has 11 N–H and O–H groups in total. The minimum absolute atomic E-state index is 0.0589. The number of hydrogen-bond donors (Lipinski definition) is 10. The molecule has 63 heavy (non-hydrogen) atoms. The molecule has 1 aliphatic carbocycles. The highest BCUT2D eigenvalue weighted by molar-refractivity contribution is 5.98. The molecule has 1 saturated carbocycles. The van der Waals surface area contributed by atoms with Gasteiger partial charge >= 0.3 is 0 Å². The molecule has 3 fully saturated rings. The van der Waals surface area contributed by atoms with E-state index in [0.717, 1.165) is 54.1 Å². The van der Waals surface area contributed by atoms with Gasteiger partial charge in [0.2, 0.25) is 41.4 Å². The highest BCUT2D eigenvalue weighted by atomic mass is 16.2. The van der Waals surface area contributed by atoms with E-state index in [0.29, 0.717) is 25.7 Å². The summed E-state index contributed by atoms with van der Waals surface area (Å²) in [5.41, 5.74) is 7.85. The Morgan fingerprint density at radius 3 is 2.29 bits per heavy atom. The maximum absolute atomic E-state index is 14.6. The van der Waals surface area contributed by atoms with E-state index < -0.39 is 84.1 Å². The first kappa shape index (κ1) is 46.1. The summed E-state index contributed by atoms with van der Waals surface area (Å²) in [6, 6.07) is 9.76. The maximum atomic E-state index is 14.6. The van der Waals surface area contributed by atoms with Gasteiger partial charge in [-0.3, -0.25) is 39.0 Å². The summed E-state index contributed by atoms with van der Waals surface area (Å²) in [4.78, 5) is 103. The van der Waals surface area contributed by atoms with E-state index in [4.69, 9.17) is 11.1 Å². The number of fused-ring (bicyclic) bond motifs is 2. The quantitative estimate of drug-likeness (QED) is 0.0659. The molecule has 0 spiro atoms. The molecule has 338 valence electrons. The van der Waals surface area contributed by atoms with Gasteiger partial charge in [0.1, 0.15) is 36.3 Å². The summed E-state index contributed by atoms with van der Waals surface area (Å²) in [5, 5.41) is 28.0. The van der Waals surface area contributed by atoms with E-state index in [9.17, 15) is 33.6 Å². The van der Waals surface area contributed by atoms with E-state index in [1.54, 1.807) is 30.5 Å². The van der Waals surface area contributed by atoms with Crippen molar-refractivity contribution in [2.45, 2.75) is 120 Å². The fourth-order valence-corrected chi connectivity index (χ4v) is 8.93. The highest BCUT2D eigenvalue weighted by Crippen LogP contribution is 2.28. The first-order valence-electron chi connectivity index (χ1n) is 22.1.